The van der Waals surface area contributed by atoms with Gasteiger partial charge in [-0.3, -0.25) is 9.36 Å². The lowest BCUT2D eigenvalue weighted by molar-refractivity contribution is -0.139. The van der Waals surface area contributed by atoms with Crippen molar-refractivity contribution in [2.24, 2.45) is 4.99 Å². The molecular weight excluding hydrogens is 446 g/mol. The molecule has 1 aliphatic heterocycles. The van der Waals surface area contributed by atoms with E-state index in [0.717, 1.165) is 16.8 Å². The number of nitrogens with one attached hydrogen (secondary N) is 1. The molecule has 0 spiro atoms. The van der Waals surface area contributed by atoms with Crippen LogP contribution in [-0.4, -0.2) is 17.1 Å². The average molecular weight is 468 g/mol. The van der Waals surface area contributed by atoms with Gasteiger partial charge in [0.1, 0.15) is 4.53 Å². The molecule has 0 unspecified atom stereocenters. The van der Waals surface area contributed by atoms with Crippen molar-refractivity contribution < 1.29 is 9.53 Å². The normalized spacial score (nSPS) is 15.9. The Labute approximate surface area is 194 Å². The number of halogens is 1. The molecule has 0 aliphatic carbocycles. The van der Waals surface area contributed by atoms with Crippen molar-refractivity contribution in [3.63, 3.8) is 0 Å². The van der Waals surface area contributed by atoms with Crippen molar-refractivity contribution in [2.75, 3.05) is 11.9 Å². The molecule has 1 N–H and O–H groups in total. The van der Waals surface area contributed by atoms with Crippen LogP contribution in [-0.2, 0) is 9.53 Å². The summed E-state index contributed by atoms with van der Waals surface area (Å²) in [6, 6.07) is 14.3. The Morgan fingerprint density at radius 3 is 2.53 bits per heavy atom. The van der Waals surface area contributed by atoms with E-state index in [9.17, 15) is 9.59 Å². The van der Waals surface area contributed by atoms with Gasteiger partial charge in [-0.05, 0) is 50.6 Å². The summed E-state index contributed by atoms with van der Waals surface area (Å²) in [5.74, 6) is -0.485. The molecule has 2 aromatic carbocycles. The molecule has 4 rings (SSSR count). The Balaban J connectivity index is 1.85. The summed E-state index contributed by atoms with van der Waals surface area (Å²) in [7, 11) is 0. The molecule has 0 saturated carbocycles. The number of carbonyl (C=O) groups is 1. The van der Waals surface area contributed by atoms with Crippen molar-refractivity contribution in [1.29, 1.82) is 0 Å². The Bertz CT molecular complexity index is 1370. The summed E-state index contributed by atoms with van der Waals surface area (Å²) in [4.78, 5) is 31.3. The van der Waals surface area contributed by atoms with E-state index in [0.29, 0.717) is 25.6 Å². The van der Waals surface area contributed by atoms with Crippen LogP contribution < -0.4 is 20.2 Å². The van der Waals surface area contributed by atoms with Crippen molar-refractivity contribution in [2.45, 2.75) is 26.8 Å². The Hall–Kier alpha value is -3.16. The number of thiazole rings is 1. The second kappa shape index (κ2) is 9.14. The lowest BCUT2D eigenvalue weighted by atomic mass is 9.96. The van der Waals surface area contributed by atoms with Gasteiger partial charge in [-0.2, -0.15) is 0 Å². The highest BCUT2D eigenvalue weighted by atomic mass is 35.5. The van der Waals surface area contributed by atoms with Gasteiger partial charge in [-0.15, -0.1) is 0 Å². The first kappa shape index (κ1) is 22.0. The average Bonchev–Trinajstić information content (AvgIpc) is 3.08. The molecule has 6 nitrogen and oxygen atoms in total. The zero-order valence-electron chi connectivity index (χ0n) is 17.9. The van der Waals surface area contributed by atoms with Gasteiger partial charge in [-0.25, -0.2) is 9.79 Å². The maximum Gasteiger partial charge on any atom is 0.338 e. The van der Waals surface area contributed by atoms with E-state index in [-0.39, 0.29) is 12.2 Å². The van der Waals surface area contributed by atoms with Crippen LogP contribution in [0.3, 0.4) is 0 Å². The molecule has 0 radical (unpaired) electrons. The van der Waals surface area contributed by atoms with Gasteiger partial charge in [0.2, 0.25) is 0 Å². The number of nitrogens with zero attached hydrogens (tertiary/aromatic N) is 2. The Morgan fingerprint density at radius 2 is 1.88 bits per heavy atom. The number of allylic oxidation sites excluding steroid dienone is 1. The van der Waals surface area contributed by atoms with Crippen molar-refractivity contribution in [1.82, 2.24) is 4.57 Å². The predicted molar refractivity (Wildman–Crippen MR) is 128 cm³/mol. The third kappa shape index (κ3) is 4.26. The first-order valence-electron chi connectivity index (χ1n) is 10.2. The molecule has 0 saturated heterocycles. The van der Waals surface area contributed by atoms with E-state index in [1.807, 2.05) is 43.3 Å². The quantitative estimate of drug-likeness (QED) is 0.579. The number of hydrogen-bond acceptors (Lipinski definition) is 6. The first-order valence-corrected chi connectivity index (χ1v) is 11.3. The van der Waals surface area contributed by atoms with Crippen LogP contribution in [0.25, 0.3) is 6.20 Å². The summed E-state index contributed by atoms with van der Waals surface area (Å²) in [6.45, 7) is 5.75. The fourth-order valence-corrected chi connectivity index (χ4v) is 4.65. The van der Waals surface area contributed by atoms with Crippen LogP contribution in [0.2, 0.25) is 5.02 Å². The number of hydrogen-bond donors (Lipinski definition) is 1. The van der Waals surface area contributed by atoms with Crippen LogP contribution in [0.5, 0.6) is 0 Å². The Morgan fingerprint density at radius 1 is 1.19 bits per heavy atom. The largest absolute Gasteiger partial charge is 0.463 e. The fourth-order valence-electron chi connectivity index (χ4n) is 3.55. The van der Waals surface area contributed by atoms with Crippen molar-refractivity contribution in [3.8, 4) is 0 Å². The van der Waals surface area contributed by atoms with Gasteiger partial charge in [-0.1, -0.05) is 52.8 Å². The molecule has 0 fully saturated rings. The van der Waals surface area contributed by atoms with Gasteiger partial charge in [0.25, 0.3) is 5.56 Å². The van der Waals surface area contributed by atoms with E-state index in [2.05, 4.69) is 10.3 Å². The van der Waals surface area contributed by atoms with Crippen molar-refractivity contribution in [3.05, 3.63) is 95.6 Å². The van der Waals surface area contributed by atoms with Crippen molar-refractivity contribution >= 4 is 40.8 Å². The zero-order chi connectivity index (χ0) is 22.8. The summed E-state index contributed by atoms with van der Waals surface area (Å²) in [5, 5.41) is 3.74. The van der Waals surface area contributed by atoms with Crippen LogP contribution in [0.15, 0.2) is 69.6 Å². The standard InChI is InChI=1S/C24H22ClN3O3S/c1-4-31-23(30)20-15(3)27-24-28(21(20)16-7-9-17(25)10-8-16)22(29)19(32-24)13-26-18-11-5-14(2)6-12-18/h5-13,21,26H,4H2,1-3H3/b19-13-/t21-/m0/s1. The molecule has 1 aromatic heterocycles. The molecule has 8 heteroatoms. The summed E-state index contributed by atoms with van der Waals surface area (Å²) in [6.07, 6.45) is 1.68. The second-order valence-corrected chi connectivity index (χ2v) is 8.81. The number of anilines is 1. The minimum Gasteiger partial charge on any atom is -0.463 e. The third-order valence-corrected chi connectivity index (χ3v) is 6.36. The minimum absolute atomic E-state index is 0.230. The molecule has 1 aliphatic rings. The molecular formula is C24H22ClN3O3S. The monoisotopic (exact) mass is 467 g/mol. The number of aryl methyl sites for hydroxylation is 1. The number of esters is 1. The van der Waals surface area contributed by atoms with Gasteiger partial charge in [0, 0.05) is 16.9 Å². The number of carbonyl (C=O) groups excluding carboxylic acids is 1. The van der Waals surface area contributed by atoms with Crippen LogP contribution >= 0.6 is 22.9 Å². The maximum absolute atomic E-state index is 13.4. The van der Waals surface area contributed by atoms with Gasteiger partial charge in [0.05, 0.1) is 23.9 Å². The number of aromatic nitrogens is 1. The smallest absolute Gasteiger partial charge is 0.338 e. The highest BCUT2D eigenvalue weighted by Crippen LogP contribution is 2.31. The predicted octanol–water partition coefficient (Wildman–Crippen LogP) is 3.78. The maximum atomic E-state index is 13.4. The zero-order valence-corrected chi connectivity index (χ0v) is 19.5. The molecule has 2 heterocycles. The minimum atomic E-state index is -0.649. The molecule has 164 valence electrons. The van der Waals surface area contributed by atoms with E-state index < -0.39 is 12.0 Å². The highest BCUT2D eigenvalue weighted by Gasteiger charge is 2.33. The fraction of sp³-hybridized carbons (Fsp3) is 0.208. The van der Waals surface area contributed by atoms with E-state index >= 15 is 0 Å². The SMILES string of the molecule is CCOC(=O)C1=C(C)N=c2s/c(=C\Nc3ccc(C)cc3)c(=O)n2[C@H]1c1ccc(Cl)cc1. The lowest BCUT2D eigenvalue weighted by Gasteiger charge is -2.24. The number of fused-ring (bicyclic) bond motifs is 1. The van der Waals surface area contributed by atoms with E-state index in [1.165, 1.54) is 11.3 Å². The van der Waals surface area contributed by atoms with Gasteiger partial charge < -0.3 is 10.1 Å². The summed E-state index contributed by atoms with van der Waals surface area (Å²) in [5.41, 5.74) is 3.43. The number of rotatable bonds is 5. The highest BCUT2D eigenvalue weighted by molar-refractivity contribution is 7.07. The lowest BCUT2D eigenvalue weighted by Crippen LogP contribution is -2.40. The van der Waals surface area contributed by atoms with Gasteiger partial charge >= 0.3 is 5.97 Å². The van der Waals surface area contributed by atoms with Crippen LogP contribution in [0.4, 0.5) is 5.69 Å². The molecule has 0 amide bonds. The third-order valence-electron chi connectivity index (χ3n) is 5.12. The number of ether oxygens (including phenoxy) is 1. The van der Waals surface area contributed by atoms with E-state index in [1.54, 1.807) is 36.7 Å². The molecule has 1 atom stereocenters. The topological polar surface area (TPSA) is 72.7 Å². The van der Waals surface area contributed by atoms with Crippen LogP contribution in [0, 0.1) is 6.92 Å². The number of benzene rings is 2. The second-order valence-electron chi connectivity index (χ2n) is 7.36. The first-order chi connectivity index (χ1) is 15.4. The molecule has 3 aromatic rings. The molecule has 32 heavy (non-hydrogen) atoms. The van der Waals surface area contributed by atoms with Crippen LogP contribution in [0.1, 0.15) is 31.0 Å². The molecule has 0 bridgehead atoms. The van der Waals surface area contributed by atoms with Gasteiger partial charge in [0.15, 0.2) is 4.80 Å². The Kier molecular flexibility index (Phi) is 6.30. The summed E-state index contributed by atoms with van der Waals surface area (Å²) >= 11 is 7.34. The summed E-state index contributed by atoms with van der Waals surface area (Å²) < 4.78 is 7.33. The van der Waals surface area contributed by atoms with E-state index in [4.69, 9.17) is 16.3 Å².